The number of halogens is 3. The number of rotatable bonds is 2. The third-order valence-corrected chi connectivity index (χ3v) is 5.34. The molecule has 0 spiro atoms. The second-order valence-electron chi connectivity index (χ2n) is 7.04. The smallest absolute Gasteiger partial charge is 0.386 e. The lowest BCUT2D eigenvalue weighted by atomic mass is 9.82. The first kappa shape index (κ1) is 15.0. The van der Waals surface area contributed by atoms with E-state index in [-0.39, 0.29) is 23.8 Å². The topological polar surface area (TPSA) is 69.2 Å². The molecule has 2 aliphatic carbocycles. The fraction of sp³-hybridized carbons (Fsp3) is 0.733. The number of fused-ring (bicyclic) bond motifs is 1. The van der Waals surface area contributed by atoms with Gasteiger partial charge in [0.15, 0.2) is 5.69 Å². The van der Waals surface area contributed by atoms with Crippen molar-refractivity contribution in [1.29, 1.82) is 0 Å². The number of carbonyl (C=O) groups excluding carboxylic acids is 1. The molecule has 2 fully saturated rings. The van der Waals surface area contributed by atoms with Crippen LogP contribution in [0.15, 0.2) is 0 Å². The van der Waals surface area contributed by atoms with Crippen LogP contribution in [0.5, 0.6) is 0 Å². The van der Waals surface area contributed by atoms with Gasteiger partial charge in [-0.3, -0.25) is 9.89 Å². The lowest BCUT2D eigenvalue weighted by Gasteiger charge is -2.48. The monoisotopic (exact) mass is 329 g/mol. The van der Waals surface area contributed by atoms with Crippen LogP contribution in [0.1, 0.15) is 36.2 Å². The van der Waals surface area contributed by atoms with E-state index in [2.05, 4.69) is 10.2 Å². The van der Waals surface area contributed by atoms with E-state index in [0.29, 0.717) is 31.6 Å². The van der Waals surface area contributed by atoms with Crippen LogP contribution in [0.2, 0.25) is 0 Å². The minimum atomic E-state index is -4.50. The first-order chi connectivity index (χ1) is 10.8. The van der Waals surface area contributed by atoms with Gasteiger partial charge in [-0.25, -0.2) is 0 Å². The quantitative estimate of drug-likeness (QED) is 0.864. The first-order valence-corrected chi connectivity index (χ1v) is 7.92. The average Bonchev–Trinajstić information content (AvgIpc) is 3.21. The maximum Gasteiger partial charge on any atom is 0.435 e. The summed E-state index contributed by atoms with van der Waals surface area (Å²) in [7, 11) is 0. The fourth-order valence-corrected chi connectivity index (χ4v) is 3.85. The van der Waals surface area contributed by atoms with Crippen molar-refractivity contribution in [2.24, 2.45) is 11.8 Å². The summed E-state index contributed by atoms with van der Waals surface area (Å²) in [6.07, 6.45) is -1.53. The van der Waals surface area contributed by atoms with E-state index in [4.69, 9.17) is 0 Å². The standard InChI is InChI=1S/C15H18F3N3O2/c16-15(17,18)12-10-5-8(1-4-11(10)19-20-12)13(22)21-6-14(23,7-21)9-2-3-9/h8-9,23H,1-7H2,(H,19,20). The van der Waals surface area contributed by atoms with Crippen molar-refractivity contribution in [3.63, 3.8) is 0 Å². The predicted molar refractivity (Wildman–Crippen MR) is 73.4 cm³/mol. The van der Waals surface area contributed by atoms with Crippen LogP contribution >= 0.6 is 0 Å². The highest BCUT2D eigenvalue weighted by atomic mass is 19.4. The van der Waals surface area contributed by atoms with E-state index < -0.39 is 23.4 Å². The molecule has 1 aliphatic heterocycles. The molecule has 4 rings (SSSR count). The Labute approximate surface area is 130 Å². The van der Waals surface area contributed by atoms with Crippen LogP contribution in [-0.4, -0.2) is 44.8 Å². The molecule has 1 amide bonds. The van der Waals surface area contributed by atoms with E-state index in [0.717, 1.165) is 12.8 Å². The van der Waals surface area contributed by atoms with Gasteiger partial charge in [0.05, 0.1) is 13.1 Å². The van der Waals surface area contributed by atoms with Gasteiger partial charge in [0.25, 0.3) is 0 Å². The number of hydrogen-bond donors (Lipinski definition) is 2. The number of aromatic nitrogens is 2. The summed E-state index contributed by atoms with van der Waals surface area (Å²) in [5.74, 6) is -0.310. The van der Waals surface area contributed by atoms with Crippen LogP contribution in [-0.2, 0) is 23.8 Å². The second-order valence-corrected chi connectivity index (χ2v) is 7.04. The summed E-state index contributed by atoms with van der Waals surface area (Å²) in [5.41, 5.74) is -1.05. The lowest BCUT2D eigenvalue weighted by Crippen LogP contribution is -2.65. The van der Waals surface area contributed by atoms with Crippen molar-refractivity contribution in [3.8, 4) is 0 Å². The molecule has 1 saturated carbocycles. The van der Waals surface area contributed by atoms with E-state index >= 15 is 0 Å². The molecule has 3 aliphatic rings. The molecule has 0 aromatic carbocycles. The summed E-state index contributed by atoms with van der Waals surface area (Å²) in [6, 6.07) is 0. The zero-order chi connectivity index (χ0) is 16.4. The number of nitrogens with one attached hydrogen (secondary N) is 1. The molecule has 2 heterocycles. The Hall–Kier alpha value is -1.57. The zero-order valence-corrected chi connectivity index (χ0v) is 12.5. The molecule has 8 heteroatoms. The van der Waals surface area contributed by atoms with Gasteiger partial charge in [-0.1, -0.05) is 0 Å². The number of hydrogen-bond acceptors (Lipinski definition) is 3. The number of alkyl halides is 3. The molecule has 0 bridgehead atoms. The maximum atomic E-state index is 13.0. The van der Waals surface area contributed by atoms with Gasteiger partial charge < -0.3 is 10.0 Å². The van der Waals surface area contributed by atoms with Crippen molar-refractivity contribution in [1.82, 2.24) is 15.1 Å². The molecule has 126 valence electrons. The van der Waals surface area contributed by atoms with Gasteiger partial charge in [-0.15, -0.1) is 0 Å². The van der Waals surface area contributed by atoms with E-state index in [1.807, 2.05) is 0 Å². The third-order valence-electron chi connectivity index (χ3n) is 5.34. The molecule has 1 atom stereocenters. The van der Waals surface area contributed by atoms with Gasteiger partial charge in [0.2, 0.25) is 5.91 Å². The van der Waals surface area contributed by atoms with Crippen molar-refractivity contribution in [2.75, 3.05) is 13.1 Å². The van der Waals surface area contributed by atoms with Gasteiger partial charge >= 0.3 is 6.18 Å². The highest BCUT2D eigenvalue weighted by Crippen LogP contribution is 2.45. The highest BCUT2D eigenvalue weighted by molar-refractivity contribution is 5.80. The Balaban J connectivity index is 1.46. The van der Waals surface area contributed by atoms with Crippen LogP contribution in [0.4, 0.5) is 13.2 Å². The molecule has 23 heavy (non-hydrogen) atoms. The summed E-state index contributed by atoms with van der Waals surface area (Å²) in [4.78, 5) is 14.1. The van der Waals surface area contributed by atoms with Crippen molar-refractivity contribution in [3.05, 3.63) is 17.0 Å². The summed E-state index contributed by atoms with van der Waals surface area (Å²) < 4.78 is 38.9. The molecule has 0 radical (unpaired) electrons. The van der Waals surface area contributed by atoms with Crippen molar-refractivity contribution in [2.45, 2.75) is 43.9 Å². The molecule has 1 aromatic rings. The SMILES string of the molecule is O=C(C1CCc2[nH]nc(C(F)(F)F)c2C1)N1CC(O)(C2CC2)C1. The number of aliphatic hydroxyl groups is 1. The van der Waals surface area contributed by atoms with E-state index in [9.17, 15) is 23.1 Å². The molecular formula is C15H18F3N3O2. The van der Waals surface area contributed by atoms with Crippen LogP contribution < -0.4 is 0 Å². The molecule has 1 aromatic heterocycles. The number of nitrogens with zero attached hydrogens (tertiary/aromatic N) is 2. The average molecular weight is 329 g/mol. The van der Waals surface area contributed by atoms with E-state index in [1.54, 1.807) is 4.90 Å². The molecular weight excluding hydrogens is 311 g/mol. The van der Waals surface area contributed by atoms with Crippen molar-refractivity contribution < 1.29 is 23.1 Å². The van der Waals surface area contributed by atoms with Gasteiger partial charge in [-0.2, -0.15) is 18.3 Å². The van der Waals surface area contributed by atoms with E-state index in [1.165, 1.54) is 0 Å². The number of aryl methyl sites for hydroxylation is 1. The summed E-state index contributed by atoms with van der Waals surface area (Å²) >= 11 is 0. The summed E-state index contributed by atoms with van der Waals surface area (Å²) in [5, 5.41) is 16.1. The Morgan fingerprint density at radius 2 is 2.00 bits per heavy atom. The molecule has 2 N–H and O–H groups in total. The number of β-amino-alcohol motifs (C(OH)–C–C–N with tert-alkyl or cyclic N) is 1. The Morgan fingerprint density at radius 1 is 1.30 bits per heavy atom. The largest absolute Gasteiger partial charge is 0.435 e. The summed E-state index contributed by atoms with van der Waals surface area (Å²) in [6.45, 7) is 0.634. The molecule has 5 nitrogen and oxygen atoms in total. The Kier molecular flexibility index (Phi) is 3.07. The normalized spacial score (nSPS) is 26.6. The minimum Gasteiger partial charge on any atom is -0.386 e. The van der Waals surface area contributed by atoms with Gasteiger partial charge in [-0.05, 0) is 38.0 Å². The number of carbonyl (C=O) groups is 1. The van der Waals surface area contributed by atoms with Gasteiger partial charge in [0, 0.05) is 17.2 Å². The maximum absolute atomic E-state index is 13.0. The highest BCUT2D eigenvalue weighted by Gasteiger charge is 2.54. The Bertz CT molecular complexity index is 645. The van der Waals surface area contributed by atoms with Crippen molar-refractivity contribution >= 4 is 5.91 Å². The minimum absolute atomic E-state index is 0.0673. The number of amides is 1. The molecule has 1 unspecified atom stereocenters. The Morgan fingerprint density at radius 3 is 2.61 bits per heavy atom. The van der Waals surface area contributed by atoms with Crippen LogP contribution in [0.25, 0.3) is 0 Å². The number of likely N-dealkylation sites (tertiary alicyclic amines) is 1. The third kappa shape index (κ3) is 2.43. The van der Waals surface area contributed by atoms with Crippen LogP contribution in [0.3, 0.4) is 0 Å². The van der Waals surface area contributed by atoms with Gasteiger partial charge in [0.1, 0.15) is 5.60 Å². The molecule has 1 saturated heterocycles. The second kappa shape index (κ2) is 4.72. The first-order valence-electron chi connectivity index (χ1n) is 7.92. The number of H-pyrrole nitrogens is 1. The zero-order valence-electron chi connectivity index (χ0n) is 12.5. The van der Waals surface area contributed by atoms with Crippen LogP contribution in [0, 0.1) is 11.8 Å². The number of aromatic amines is 1. The fourth-order valence-electron chi connectivity index (χ4n) is 3.85. The lowest BCUT2D eigenvalue weighted by molar-refractivity contribution is -0.164. The predicted octanol–water partition coefficient (Wildman–Crippen LogP) is 1.52.